The number of hydrogen-bond acceptors (Lipinski definition) is 2. The molecule has 0 fully saturated rings. The number of aromatic hydroxyl groups is 2. The summed E-state index contributed by atoms with van der Waals surface area (Å²) in [7, 11) is 0. The monoisotopic (exact) mass is 280 g/mol. The van der Waals surface area contributed by atoms with E-state index in [1.807, 2.05) is 13.0 Å². The fourth-order valence-corrected chi connectivity index (χ4v) is 1.84. The van der Waals surface area contributed by atoms with Gasteiger partial charge in [0.25, 0.3) is 0 Å². The first-order valence-corrected chi connectivity index (χ1v) is 5.89. The molecule has 88 valence electrons. The van der Waals surface area contributed by atoms with Crippen LogP contribution in [0.1, 0.15) is 25.3 Å². The standard InChI is InChI=1S/C11H11Cl3O2/c1-2-3-4-5-6-7(12)11(16)9(14)8(13)10(6)15/h4-5,15-16H,2-3H2,1H3. The lowest BCUT2D eigenvalue weighted by Gasteiger charge is -2.09. The van der Waals surface area contributed by atoms with E-state index in [4.69, 9.17) is 34.8 Å². The number of unbranched alkanes of at least 4 members (excludes halogenated alkanes) is 1. The van der Waals surface area contributed by atoms with Crippen molar-refractivity contribution in [3.05, 3.63) is 26.7 Å². The largest absolute Gasteiger partial charge is 0.506 e. The van der Waals surface area contributed by atoms with Crippen LogP contribution in [0.4, 0.5) is 0 Å². The van der Waals surface area contributed by atoms with Crippen molar-refractivity contribution in [3.63, 3.8) is 0 Å². The van der Waals surface area contributed by atoms with E-state index in [0.29, 0.717) is 0 Å². The second-order valence-electron chi connectivity index (χ2n) is 3.24. The Morgan fingerprint density at radius 3 is 2.12 bits per heavy atom. The number of hydrogen-bond donors (Lipinski definition) is 2. The van der Waals surface area contributed by atoms with Crippen molar-refractivity contribution in [2.24, 2.45) is 0 Å². The summed E-state index contributed by atoms with van der Waals surface area (Å²) in [6.07, 6.45) is 5.27. The highest BCUT2D eigenvalue weighted by Gasteiger charge is 2.18. The molecule has 0 aromatic heterocycles. The molecule has 0 unspecified atom stereocenters. The van der Waals surface area contributed by atoms with Gasteiger partial charge in [0.1, 0.15) is 15.8 Å². The van der Waals surface area contributed by atoms with Crippen LogP contribution in [-0.4, -0.2) is 10.2 Å². The predicted octanol–water partition coefficient (Wildman–Crippen LogP) is 4.87. The van der Waals surface area contributed by atoms with Gasteiger partial charge in [-0.05, 0) is 6.42 Å². The smallest absolute Gasteiger partial charge is 0.155 e. The molecule has 0 heterocycles. The van der Waals surface area contributed by atoms with E-state index in [2.05, 4.69) is 0 Å². The first kappa shape index (κ1) is 13.5. The molecule has 2 N–H and O–H groups in total. The molecular weight excluding hydrogens is 270 g/mol. The van der Waals surface area contributed by atoms with Crippen molar-refractivity contribution in [1.29, 1.82) is 0 Å². The van der Waals surface area contributed by atoms with Crippen LogP contribution in [0.5, 0.6) is 11.5 Å². The molecule has 2 nitrogen and oxygen atoms in total. The molecule has 0 amide bonds. The molecule has 0 atom stereocenters. The summed E-state index contributed by atoms with van der Waals surface area (Å²) in [5.74, 6) is -0.538. The SMILES string of the molecule is CCCC=Cc1c(O)c(Cl)c(Cl)c(O)c1Cl. The highest BCUT2D eigenvalue weighted by molar-refractivity contribution is 6.46. The highest BCUT2D eigenvalue weighted by Crippen LogP contribution is 2.46. The predicted molar refractivity (Wildman–Crippen MR) is 68.7 cm³/mol. The molecule has 16 heavy (non-hydrogen) atoms. The summed E-state index contributed by atoms with van der Waals surface area (Å²) < 4.78 is 0. The molecule has 1 rings (SSSR count). The van der Waals surface area contributed by atoms with Crippen molar-refractivity contribution in [1.82, 2.24) is 0 Å². The van der Waals surface area contributed by atoms with E-state index in [1.54, 1.807) is 6.08 Å². The van der Waals surface area contributed by atoms with Gasteiger partial charge in [-0.2, -0.15) is 0 Å². The molecule has 1 aromatic carbocycles. The van der Waals surface area contributed by atoms with Crippen LogP contribution in [-0.2, 0) is 0 Å². The Balaban J connectivity index is 3.29. The zero-order chi connectivity index (χ0) is 12.3. The first-order valence-electron chi connectivity index (χ1n) is 4.75. The van der Waals surface area contributed by atoms with E-state index in [-0.39, 0.29) is 32.1 Å². The number of benzene rings is 1. The summed E-state index contributed by atoms with van der Waals surface area (Å²) in [6.45, 7) is 2.03. The Morgan fingerprint density at radius 1 is 1.00 bits per heavy atom. The second kappa shape index (κ2) is 5.67. The normalized spacial score (nSPS) is 11.2. The first-order chi connectivity index (χ1) is 7.50. The Hall–Kier alpha value is -0.570. The third kappa shape index (κ3) is 2.57. The van der Waals surface area contributed by atoms with E-state index >= 15 is 0 Å². The Bertz CT molecular complexity index is 399. The van der Waals surface area contributed by atoms with Crippen LogP contribution in [0.15, 0.2) is 6.08 Å². The van der Waals surface area contributed by atoms with E-state index in [9.17, 15) is 10.2 Å². The van der Waals surface area contributed by atoms with Gasteiger partial charge < -0.3 is 10.2 Å². The zero-order valence-electron chi connectivity index (χ0n) is 8.60. The average molecular weight is 282 g/mol. The van der Waals surface area contributed by atoms with Gasteiger partial charge in [-0.3, -0.25) is 0 Å². The summed E-state index contributed by atoms with van der Waals surface area (Å²) in [5.41, 5.74) is 0.280. The number of allylic oxidation sites excluding steroid dienone is 1. The highest BCUT2D eigenvalue weighted by atomic mass is 35.5. The molecule has 5 heteroatoms. The summed E-state index contributed by atoms with van der Waals surface area (Å²) in [4.78, 5) is 0. The molecule has 0 bridgehead atoms. The fourth-order valence-electron chi connectivity index (χ4n) is 1.17. The molecule has 0 aliphatic carbocycles. The molecule has 0 radical (unpaired) electrons. The second-order valence-corrected chi connectivity index (χ2v) is 4.38. The Kier molecular flexibility index (Phi) is 4.78. The van der Waals surface area contributed by atoms with Gasteiger partial charge in [-0.15, -0.1) is 0 Å². The topological polar surface area (TPSA) is 40.5 Å². The average Bonchev–Trinajstić information content (AvgIpc) is 2.28. The molecule has 0 aliphatic heterocycles. The van der Waals surface area contributed by atoms with Crippen LogP contribution < -0.4 is 0 Å². The Labute approximate surface area is 109 Å². The van der Waals surface area contributed by atoms with Crippen LogP contribution in [0, 0.1) is 0 Å². The van der Waals surface area contributed by atoms with Gasteiger partial charge in [0.2, 0.25) is 0 Å². The van der Waals surface area contributed by atoms with Crippen LogP contribution in [0.2, 0.25) is 15.1 Å². The molecule has 0 aliphatic rings. The Morgan fingerprint density at radius 2 is 1.56 bits per heavy atom. The minimum Gasteiger partial charge on any atom is -0.506 e. The van der Waals surface area contributed by atoms with Gasteiger partial charge in [0.05, 0.1) is 5.02 Å². The molecular formula is C11H11Cl3O2. The molecule has 1 aromatic rings. The number of phenolic OH excluding ortho intramolecular Hbond substituents is 2. The van der Waals surface area contributed by atoms with Gasteiger partial charge >= 0.3 is 0 Å². The van der Waals surface area contributed by atoms with Crippen LogP contribution >= 0.6 is 34.8 Å². The van der Waals surface area contributed by atoms with Gasteiger partial charge in [-0.25, -0.2) is 0 Å². The van der Waals surface area contributed by atoms with Crippen LogP contribution in [0.3, 0.4) is 0 Å². The minimum absolute atomic E-state index is 0.000692. The summed E-state index contributed by atoms with van der Waals surface area (Å²) in [6, 6.07) is 0. The lowest BCUT2D eigenvalue weighted by Crippen LogP contribution is -1.83. The lowest BCUT2D eigenvalue weighted by molar-refractivity contribution is 0.460. The third-order valence-corrected chi connectivity index (χ3v) is 3.26. The lowest BCUT2D eigenvalue weighted by atomic mass is 10.1. The van der Waals surface area contributed by atoms with Crippen molar-refractivity contribution < 1.29 is 10.2 Å². The fraction of sp³-hybridized carbons (Fsp3) is 0.273. The number of phenols is 2. The number of halogens is 3. The molecule has 0 spiro atoms. The molecule has 0 saturated heterocycles. The third-order valence-electron chi connectivity index (χ3n) is 2.05. The maximum atomic E-state index is 9.72. The van der Waals surface area contributed by atoms with Crippen LogP contribution in [0.25, 0.3) is 6.08 Å². The van der Waals surface area contributed by atoms with E-state index in [1.165, 1.54) is 0 Å². The quantitative estimate of drug-likeness (QED) is 0.613. The zero-order valence-corrected chi connectivity index (χ0v) is 10.9. The van der Waals surface area contributed by atoms with E-state index in [0.717, 1.165) is 12.8 Å². The van der Waals surface area contributed by atoms with Crippen molar-refractivity contribution >= 4 is 40.9 Å². The molecule has 0 saturated carbocycles. The number of rotatable bonds is 3. The summed E-state index contributed by atoms with van der Waals surface area (Å²) in [5, 5.41) is 19.0. The van der Waals surface area contributed by atoms with E-state index < -0.39 is 0 Å². The summed E-state index contributed by atoms with van der Waals surface area (Å²) >= 11 is 17.3. The van der Waals surface area contributed by atoms with Crippen molar-refractivity contribution in [3.8, 4) is 11.5 Å². The van der Waals surface area contributed by atoms with Gasteiger partial charge in [-0.1, -0.05) is 60.3 Å². The van der Waals surface area contributed by atoms with Gasteiger partial charge in [0.15, 0.2) is 5.75 Å². The maximum absolute atomic E-state index is 9.72. The van der Waals surface area contributed by atoms with Crippen molar-refractivity contribution in [2.75, 3.05) is 0 Å². The minimum atomic E-state index is -0.317. The maximum Gasteiger partial charge on any atom is 0.155 e. The van der Waals surface area contributed by atoms with Crippen molar-refractivity contribution in [2.45, 2.75) is 19.8 Å². The van der Waals surface area contributed by atoms with Gasteiger partial charge in [0, 0.05) is 5.56 Å².